The molecule has 1 fully saturated rings. The fourth-order valence-corrected chi connectivity index (χ4v) is 3.98. The second-order valence-electron chi connectivity index (χ2n) is 6.28. The maximum absolute atomic E-state index is 9.94. The van der Waals surface area contributed by atoms with Crippen molar-refractivity contribution in [3.8, 4) is 6.07 Å². The Balaban J connectivity index is 2.40. The van der Waals surface area contributed by atoms with Gasteiger partial charge in [-0.05, 0) is 37.0 Å². The first-order valence-corrected chi connectivity index (χ1v) is 7.94. The van der Waals surface area contributed by atoms with Gasteiger partial charge in [0.1, 0.15) is 6.07 Å². The fourth-order valence-electron chi connectivity index (χ4n) is 3.76. The Kier molecular flexibility index (Phi) is 4.81. The van der Waals surface area contributed by atoms with E-state index in [9.17, 15) is 5.11 Å². The zero-order valence-electron chi connectivity index (χ0n) is 12.9. The van der Waals surface area contributed by atoms with Crippen LogP contribution in [0.5, 0.6) is 0 Å². The average Bonchev–Trinajstić information content (AvgIpc) is 2.87. The number of halogens is 1. The monoisotopic (exact) mass is 306 g/mol. The standard InChI is InChI=1S/C17H23ClN2O/c1-4-17(11-21)7-8-20(16(17)12(2)3)14-6-5-13(10-19)15(18)9-14/h5-6,9,12,16,21H,4,7-8,11H2,1-3H3/t16-,17+/m0/s1. The van der Waals surface area contributed by atoms with Crippen LogP contribution < -0.4 is 4.90 Å². The minimum Gasteiger partial charge on any atom is -0.396 e. The molecule has 2 atom stereocenters. The number of aliphatic hydroxyl groups excluding tert-OH is 1. The summed E-state index contributed by atoms with van der Waals surface area (Å²) in [5.41, 5.74) is 1.50. The summed E-state index contributed by atoms with van der Waals surface area (Å²) in [6, 6.07) is 8.00. The quantitative estimate of drug-likeness (QED) is 0.919. The SMILES string of the molecule is CC[C@]1(CO)CCN(c2ccc(C#N)c(Cl)c2)[C@H]1C(C)C. The first-order chi connectivity index (χ1) is 9.99. The van der Waals surface area contributed by atoms with Gasteiger partial charge in [-0.15, -0.1) is 0 Å². The lowest BCUT2D eigenvalue weighted by Crippen LogP contribution is -2.45. The van der Waals surface area contributed by atoms with E-state index in [-0.39, 0.29) is 18.1 Å². The predicted molar refractivity (Wildman–Crippen MR) is 86.6 cm³/mol. The molecule has 1 saturated heterocycles. The molecule has 0 amide bonds. The third-order valence-electron chi connectivity index (χ3n) is 4.87. The Morgan fingerprint density at radius 3 is 2.71 bits per heavy atom. The van der Waals surface area contributed by atoms with Crippen molar-refractivity contribution >= 4 is 17.3 Å². The summed E-state index contributed by atoms with van der Waals surface area (Å²) in [6.45, 7) is 7.69. The topological polar surface area (TPSA) is 47.3 Å². The zero-order chi connectivity index (χ0) is 15.6. The van der Waals surface area contributed by atoms with Crippen molar-refractivity contribution in [3.05, 3.63) is 28.8 Å². The first-order valence-electron chi connectivity index (χ1n) is 7.56. The third kappa shape index (κ3) is 2.75. The molecular formula is C17H23ClN2O. The van der Waals surface area contributed by atoms with E-state index in [1.165, 1.54) is 0 Å². The van der Waals surface area contributed by atoms with Gasteiger partial charge < -0.3 is 10.0 Å². The van der Waals surface area contributed by atoms with Crippen LogP contribution in [0.25, 0.3) is 0 Å². The summed E-state index contributed by atoms with van der Waals surface area (Å²) < 4.78 is 0. The lowest BCUT2D eigenvalue weighted by Gasteiger charge is -2.40. The van der Waals surface area contributed by atoms with Crippen molar-refractivity contribution in [2.45, 2.75) is 39.7 Å². The average molecular weight is 307 g/mol. The Labute approximate surface area is 132 Å². The summed E-state index contributed by atoms with van der Waals surface area (Å²) in [5.74, 6) is 0.439. The van der Waals surface area contributed by atoms with Crippen LogP contribution in [0.4, 0.5) is 5.69 Å². The maximum atomic E-state index is 9.94. The minimum atomic E-state index is -0.0471. The molecule has 2 rings (SSSR count). The van der Waals surface area contributed by atoms with Gasteiger partial charge in [0, 0.05) is 23.7 Å². The highest BCUT2D eigenvalue weighted by Gasteiger charge is 2.47. The van der Waals surface area contributed by atoms with E-state index in [1.54, 1.807) is 6.07 Å². The van der Waals surface area contributed by atoms with Crippen LogP contribution >= 0.6 is 11.6 Å². The molecule has 1 aromatic carbocycles. The lowest BCUT2D eigenvalue weighted by molar-refractivity contribution is 0.0934. The highest BCUT2D eigenvalue weighted by molar-refractivity contribution is 6.32. The van der Waals surface area contributed by atoms with E-state index in [1.807, 2.05) is 12.1 Å². The zero-order valence-corrected chi connectivity index (χ0v) is 13.7. The molecule has 1 aromatic rings. The van der Waals surface area contributed by atoms with Crippen molar-refractivity contribution in [1.29, 1.82) is 5.26 Å². The first kappa shape index (κ1) is 16.1. The van der Waals surface area contributed by atoms with Gasteiger partial charge in [-0.2, -0.15) is 5.26 Å². The van der Waals surface area contributed by atoms with Crippen LogP contribution in [0.15, 0.2) is 18.2 Å². The van der Waals surface area contributed by atoms with Crippen molar-refractivity contribution in [3.63, 3.8) is 0 Å². The van der Waals surface area contributed by atoms with E-state index >= 15 is 0 Å². The number of aliphatic hydroxyl groups is 1. The number of hydrogen-bond acceptors (Lipinski definition) is 3. The Hall–Kier alpha value is -1.24. The van der Waals surface area contributed by atoms with Crippen molar-refractivity contribution < 1.29 is 5.11 Å². The highest BCUT2D eigenvalue weighted by Crippen LogP contribution is 2.45. The molecule has 114 valence electrons. The number of benzene rings is 1. The van der Waals surface area contributed by atoms with Crippen LogP contribution in [0.2, 0.25) is 5.02 Å². The minimum absolute atomic E-state index is 0.0471. The molecule has 0 bridgehead atoms. The van der Waals surface area contributed by atoms with E-state index in [0.717, 1.165) is 25.1 Å². The Bertz CT molecular complexity index is 546. The van der Waals surface area contributed by atoms with Crippen LogP contribution in [-0.4, -0.2) is 24.3 Å². The van der Waals surface area contributed by atoms with E-state index in [0.29, 0.717) is 16.5 Å². The Morgan fingerprint density at radius 2 is 2.24 bits per heavy atom. The molecule has 0 aliphatic carbocycles. The number of nitriles is 1. The molecular weight excluding hydrogens is 284 g/mol. The van der Waals surface area contributed by atoms with Crippen molar-refractivity contribution in [2.75, 3.05) is 18.1 Å². The van der Waals surface area contributed by atoms with Gasteiger partial charge in [0.25, 0.3) is 0 Å². The molecule has 1 N–H and O–H groups in total. The molecule has 3 nitrogen and oxygen atoms in total. The highest BCUT2D eigenvalue weighted by atomic mass is 35.5. The van der Waals surface area contributed by atoms with Crippen molar-refractivity contribution in [2.24, 2.45) is 11.3 Å². The van der Waals surface area contributed by atoms with Gasteiger partial charge in [-0.25, -0.2) is 0 Å². The van der Waals surface area contributed by atoms with E-state index < -0.39 is 0 Å². The van der Waals surface area contributed by atoms with Crippen LogP contribution in [-0.2, 0) is 0 Å². The maximum Gasteiger partial charge on any atom is 0.101 e. The second kappa shape index (κ2) is 6.25. The number of nitrogens with zero attached hydrogens (tertiary/aromatic N) is 2. The summed E-state index contributed by atoms with van der Waals surface area (Å²) in [5, 5.41) is 19.4. The van der Waals surface area contributed by atoms with Gasteiger partial charge >= 0.3 is 0 Å². The second-order valence-corrected chi connectivity index (χ2v) is 6.69. The molecule has 4 heteroatoms. The largest absolute Gasteiger partial charge is 0.396 e. The number of rotatable bonds is 4. The van der Waals surface area contributed by atoms with Gasteiger partial charge in [0.2, 0.25) is 0 Å². The summed E-state index contributed by atoms with van der Waals surface area (Å²) in [4.78, 5) is 2.34. The summed E-state index contributed by atoms with van der Waals surface area (Å²) in [6.07, 6.45) is 1.95. The molecule has 1 heterocycles. The lowest BCUT2D eigenvalue weighted by atomic mass is 9.74. The summed E-state index contributed by atoms with van der Waals surface area (Å²) >= 11 is 6.18. The molecule has 0 spiro atoms. The van der Waals surface area contributed by atoms with Crippen molar-refractivity contribution in [1.82, 2.24) is 0 Å². The molecule has 0 radical (unpaired) electrons. The number of hydrogen-bond donors (Lipinski definition) is 1. The molecule has 0 saturated carbocycles. The number of anilines is 1. The van der Waals surface area contributed by atoms with Gasteiger partial charge in [0.15, 0.2) is 0 Å². The normalized spacial score (nSPS) is 25.4. The predicted octanol–water partition coefficient (Wildman–Crippen LogP) is 3.84. The van der Waals surface area contributed by atoms with Gasteiger partial charge in [-0.3, -0.25) is 0 Å². The van der Waals surface area contributed by atoms with Crippen LogP contribution in [0.1, 0.15) is 39.2 Å². The summed E-state index contributed by atoms with van der Waals surface area (Å²) in [7, 11) is 0. The molecule has 0 aromatic heterocycles. The smallest absolute Gasteiger partial charge is 0.101 e. The molecule has 1 aliphatic rings. The molecule has 21 heavy (non-hydrogen) atoms. The van der Waals surface area contributed by atoms with Gasteiger partial charge in [-0.1, -0.05) is 32.4 Å². The third-order valence-corrected chi connectivity index (χ3v) is 5.18. The fraction of sp³-hybridized carbons (Fsp3) is 0.588. The van der Waals surface area contributed by atoms with E-state index in [2.05, 4.69) is 31.7 Å². The molecule has 0 unspecified atom stereocenters. The van der Waals surface area contributed by atoms with E-state index in [4.69, 9.17) is 16.9 Å². The Morgan fingerprint density at radius 1 is 1.52 bits per heavy atom. The van der Waals surface area contributed by atoms with Gasteiger partial charge in [0.05, 0.1) is 17.2 Å². The molecule has 1 aliphatic heterocycles. The van der Waals surface area contributed by atoms with Crippen LogP contribution in [0.3, 0.4) is 0 Å². The van der Waals surface area contributed by atoms with Crippen LogP contribution in [0, 0.1) is 22.7 Å².